The quantitative estimate of drug-likeness (QED) is 0.547. The van der Waals surface area contributed by atoms with Gasteiger partial charge < -0.3 is 4.90 Å². The number of hydrogen-bond donors (Lipinski definition) is 0. The van der Waals surface area contributed by atoms with Crippen LogP contribution in [0.2, 0.25) is 0 Å². The van der Waals surface area contributed by atoms with E-state index in [9.17, 15) is 9.00 Å². The number of nitrogens with zero attached hydrogens (tertiary/aromatic N) is 3. The van der Waals surface area contributed by atoms with Crippen molar-refractivity contribution in [2.24, 2.45) is 4.36 Å². The predicted molar refractivity (Wildman–Crippen MR) is 128 cm³/mol. The molecular weight excluding hydrogens is 418 g/mol. The van der Waals surface area contributed by atoms with E-state index in [4.69, 9.17) is 0 Å². The summed E-state index contributed by atoms with van der Waals surface area (Å²) in [7, 11) is -2.83. The molecule has 2 heterocycles. The molecule has 4 rings (SSSR count). The zero-order valence-corrected chi connectivity index (χ0v) is 18.8. The molecule has 0 radical (unpaired) electrons. The van der Waals surface area contributed by atoms with Crippen LogP contribution in [0, 0.1) is 11.8 Å². The van der Waals surface area contributed by atoms with Crippen LogP contribution in [0.25, 0.3) is 0 Å². The fourth-order valence-electron chi connectivity index (χ4n) is 3.61. The third-order valence-corrected chi connectivity index (χ3v) is 7.02. The maximum Gasteiger partial charge on any atom is 0.286 e. The van der Waals surface area contributed by atoms with Crippen molar-refractivity contribution in [1.29, 1.82) is 0 Å². The van der Waals surface area contributed by atoms with Gasteiger partial charge in [-0.25, -0.2) is 4.21 Å². The van der Waals surface area contributed by atoms with Crippen LogP contribution >= 0.6 is 0 Å². The molecule has 0 N–H and O–H groups in total. The number of amides is 1. The first-order valence-corrected chi connectivity index (χ1v) is 12.6. The lowest BCUT2D eigenvalue weighted by Gasteiger charge is -2.28. The van der Waals surface area contributed by atoms with Crippen LogP contribution in [-0.4, -0.2) is 34.4 Å². The first kappa shape index (κ1) is 21.8. The van der Waals surface area contributed by atoms with Gasteiger partial charge in [-0.3, -0.25) is 9.78 Å². The lowest BCUT2D eigenvalue weighted by atomic mass is 10.1. The van der Waals surface area contributed by atoms with Crippen molar-refractivity contribution in [3.8, 4) is 11.8 Å². The van der Waals surface area contributed by atoms with E-state index >= 15 is 0 Å². The minimum atomic E-state index is -2.83. The Hall–Kier alpha value is -3.43. The van der Waals surface area contributed by atoms with Crippen molar-refractivity contribution >= 4 is 21.3 Å². The molecule has 1 saturated heterocycles. The van der Waals surface area contributed by atoms with Crippen molar-refractivity contribution in [1.82, 2.24) is 4.98 Å². The maximum atomic E-state index is 12.9. The van der Waals surface area contributed by atoms with Gasteiger partial charge in [-0.15, -0.1) is 0 Å². The number of pyridine rings is 1. The van der Waals surface area contributed by atoms with Crippen LogP contribution < -0.4 is 4.90 Å². The summed E-state index contributed by atoms with van der Waals surface area (Å²) >= 11 is 0. The van der Waals surface area contributed by atoms with E-state index in [1.165, 1.54) is 37.4 Å². The second-order valence-electron chi connectivity index (χ2n) is 7.82. The summed E-state index contributed by atoms with van der Waals surface area (Å²) in [6.45, 7) is 2.22. The van der Waals surface area contributed by atoms with Crippen LogP contribution in [0.15, 0.2) is 82.3 Å². The van der Waals surface area contributed by atoms with Gasteiger partial charge in [-0.1, -0.05) is 30.0 Å². The molecule has 162 valence electrons. The summed E-state index contributed by atoms with van der Waals surface area (Å²) in [6, 6.07) is 18.7. The van der Waals surface area contributed by atoms with Gasteiger partial charge in [0, 0.05) is 53.4 Å². The Bertz CT molecular complexity index is 1280. The van der Waals surface area contributed by atoms with Crippen LogP contribution in [0.5, 0.6) is 0 Å². The summed E-state index contributed by atoms with van der Waals surface area (Å²) in [5.41, 5.74) is 3.00. The van der Waals surface area contributed by atoms with Crippen molar-refractivity contribution in [3.05, 3.63) is 89.7 Å². The second kappa shape index (κ2) is 9.80. The number of carbonyl (C=O) groups excluding carboxylic acids is 1. The molecule has 1 atom stereocenters. The first-order chi connectivity index (χ1) is 15.5. The molecule has 1 aromatic heterocycles. The predicted octanol–water partition coefficient (Wildman–Crippen LogP) is 4.77. The number of piperidine rings is 1. The number of anilines is 1. The van der Waals surface area contributed by atoms with E-state index in [1.54, 1.807) is 36.5 Å². The lowest BCUT2D eigenvalue weighted by Crippen LogP contribution is -2.29. The summed E-state index contributed by atoms with van der Waals surface area (Å²) in [4.78, 5) is 19.6. The van der Waals surface area contributed by atoms with Gasteiger partial charge in [-0.05, 0) is 61.7 Å². The van der Waals surface area contributed by atoms with Crippen LogP contribution in [0.4, 0.5) is 5.69 Å². The molecule has 5 nitrogen and oxygen atoms in total. The van der Waals surface area contributed by atoms with Gasteiger partial charge in [0.1, 0.15) is 0 Å². The zero-order valence-electron chi connectivity index (χ0n) is 18.0. The van der Waals surface area contributed by atoms with E-state index < -0.39 is 15.6 Å². The standard InChI is InChI=1S/C26H25N3O2S/c1-32(31,25-8-4-2-5-9-25)28-26(30)23-18-22(19-27-20-23)11-10-21-12-14-24(15-13-21)29-16-6-3-7-17-29/h2,4-5,8-9,12-15,18-20H,3,6-7,16-17H2,1H3. The monoisotopic (exact) mass is 443 g/mol. The van der Waals surface area contributed by atoms with Crippen LogP contribution in [-0.2, 0) is 9.73 Å². The Morgan fingerprint density at radius 2 is 1.62 bits per heavy atom. The summed E-state index contributed by atoms with van der Waals surface area (Å²) in [5, 5.41) is 0. The molecule has 1 aliphatic heterocycles. The van der Waals surface area contributed by atoms with Gasteiger partial charge in [0.2, 0.25) is 0 Å². The molecule has 0 bridgehead atoms. The largest absolute Gasteiger partial charge is 0.372 e. The highest BCUT2D eigenvalue weighted by Gasteiger charge is 2.12. The van der Waals surface area contributed by atoms with Crippen LogP contribution in [0.1, 0.15) is 40.7 Å². The van der Waals surface area contributed by atoms with Crippen molar-refractivity contribution in [3.63, 3.8) is 0 Å². The van der Waals surface area contributed by atoms with Crippen molar-refractivity contribution in [2.75, 3.05) is 24.2 Å². The van der Waals surface area contributed by atoms with Gasteiger partial charge in [0.25, 0.3) is 5.91 Å². The number of carbonyl (C=O) groups is 1. The topological polar surface area (TPSA) is 62.6 Å². The number of benzene rings is 2. The molecule has 0 spiro atoms. The Kier molecular flexibility index (Phi) is 6.67. The van der Waals surface area contributed by atoms with Crippen molar-refractivity contribution in [2.45, 2.75) is 24.2 Å². The SMILES string of the molecule is CS(=O)(=NC(=O)c1cncc(C#Cc2ccc(N3CCCCC3)cc2)c1)c1ccccc1. The molecule has 6 heteroatoms. The fourth-order valence-corrected chi connectivity index (χ4v) is 4.80. The molecule has 2 aromatic carbocycles. The average Bonchev–Trinajstić information content (AvgIpc) is 2.84. The Balaban J connectivity index is 1.50. The third-order valence-electron chi connectivity index (χ3n) is 5.36. The van der Waals surface area contributed by atoms with E-state index in [-0.39, 0.29) is 5.56 Å². The smallest absolute Gasteiger partial charge is 0.286 e. The van der Waals surface area contributed by atoms with Crippen LogP contribution in [0.3, 0.4) is 0 Å². The summed E-state index contributed by atoms with van der Waals surface area (Å²) in [6.07, 6.45) is 8.29. The molecule has 1 fully saturated rings. The minimum absolute atomic E-state index is 0.266. The van der Waals surface area contributed by atoms with E-state index in [1.807, 2.05) is 18.2 Å². The van der Waals surface area contributed by atoms with E-state index in [0.29, 0.717) is 10.5 Å². The molecule has 3 aromatic rings. The molecule has 0 saturated carbocycles. The minimum Gasteiger partial charge on any atom is -0.372 e. The number of aromatic nitrogens is 1. The second-order valence-corrected chi connectivity index (χ2v) is 10.1. The van der Waals surface area contributed by atoms with Gasteiger partial charge in [0.05, 0.1) is 15.3 Å². The molecule has 1 aliphatic rings. The summed E-state index contributed by atoms with van der Waals surface area (Å²) in [5.74, 6) is 5.62. The fraction of sp³-hybridized carbons (Fsp3) is 0.231. The van der Waals surface area contributed by atoms with E-state index in [0.717, 1.165) is 18.7 Å². The van der Waals surface area contributed by atoms with Crippen molar-refractivity contribution < 1.29 is 9.00 Å². The lowest BCUT2D eigenvalue weighted by molar-refractivity contribution is 0.100. The molecule has 0 aliphatic carbocycles. The van der Waals surface area contributed by atoms with Gasteiger partial charge in [0.15, 0.2) is 0 Å². The van der Waals surface area contributed by atoms with E-state index in [2.05, 4.69) is 38.2 Å². The molecular formula is C26H25N3O2S. The maximum absolute atomic E-state index is 12.9. The zero-order chi connectivity index (χ0) is 22.4. The highest BCUT2D eigenvalue weighted by atomic mass is 32.2. The Morgan fingerprint density at radius 1 is 0.938 bits per heavy atom. The van der Waals surface area contributed by atoms with Gasteiger partial charge >= 0.3 is 0 Å². The normalized spacial score (nSPS) is 15.2. The van der Waals surface area contributed by atoms with Gasteiger partial charge in [-0.2, -0.15) is 4.36 Å². The number of rotatable bonds is 3. The molecule has 1 amide bonds. The Morgan fingerprint density at radius 3 is 2.34 bits per heavy atom. The number of hydrogen-bond acceptors (Lipinski definition) is 4. The average molecular weight is 444 g/mol. The third kappa shape index (κ3) is 5.43. The highest BCUT2D eigenvalue weighted by molar-refractivity contribution is 7.93. The summed E-state index contributed by atoms with van der Waals surface area (Å²) < 4.78 is 16.8. The molecule has 32 heavy (non-hydrogen) atoms. The highest BCUT2D eigenvalue weighted by Crippen LogP contribution is 2.20. The Labute approximate surface area is 189 Å². The molecule has 1 unspecified atom stereocenters. The first-order valence-electron chi connectivity index (χ1n) is 10.6.